The maximum absolute atomic E-state index is 13.1. The van der Waals surface area contributed by atoms with Gasteiger partial charge in [-0.25, -0.2) is 14.6 Å². The number of hydrogen-bond acceptors (Lipinski definition) is 14. The number of carbonyl (C=O) groups is 4. The molecule has 4 atom stereocenters. The van der Waals surface area contributed by atoms with Crippen LogP contribution in [0.3, 0.4) is 0 Å². The molecule has 3 N–H and O–H groups in total. The summed E-state index contributed by atoms with van der Waals surface area (Å²) in [5, 5.41) is 9.12. The van der Waals surface area contributed by atoms with Crippen LogP contribution in [0.1, 0.15) is 19.5 Å². The Bertz CT molecular complexity index is 1080. The number of oxime groups is 1. The van der Waals surface area contributed by atoms with Crippen LogP contribution in [0, 0.1) is 0 Å². The van der Waals surface area contributed by atoms with Gasteiger partial charge in [0.15, 0.2) is 16.9 Å². The van der Waals surface area contributed by atoms with E-state index in [2.05, 4.69) is 20.2 Å². The van der Waals surface area contributed by atoms with E-state index in [1.54, 1.807) is 12.3 Å². The number of carbonyl (C=O) groups excluding carboxylic acids is 4. The number of esters is 1. The summed E-state index contributed by atoms with van der Waals surface area (Å²) >= 11 is 2.34. The number of β-lactam (4-membered cyclic amide) rings is 1. The lowest BCUT2D eigenvalue weighted by atomic mass is 9.98. The highest BCUT2D eigenvalue weighted by molar-refractivity contribution is 8.03. The zero-order chi connectivity index (χ0) is 26.4. The zero-order valence-corrected chi connectivity index (χ0v) is 21.4. The number of aromatic nitrogens is 1. The first-order valence-electron chi connectivity index (χ1n) is 10.5. The Morgan fingerprint density at radius 2 is 2.06 bits per heavy atom. The first-order chi connectivity index (χ1) is 17.2. The Labute approximate surface area is 214 Å². The van der Waals surface area contributed by atoms with Gasteiger partial charge in [-0.05, 0) is 17.9 Å². The minimum atomic E-state index is -1.27. The highest BCUT2D eigenvalue weighted by Gasteiger charge is 2.56. The van der Waals surface area contributed by atoms with Gasteiger partial charge in [0, 0.05) is 19.4 Å². The van der Waals surface area contributed by atoms with E-state index in [9.17, 15) is 19.2 Å². The van der Waals surface area contributed by atoms with Gasteiger partial charge in [-0.15, -0.1) is 23.1 Å². The number of nitrogens with one attached hydrogen (secondary N) is 1. The van der Waals surface area contributed by atoms with Crippen LogP contribution in [0.2, 0.25) is 0 Å². The summed E-state index contributed by atoms with van der Waals surface area (Å²) in [6.45, 7) is 3.07. The van der Waals surface area contributed by atoms with Crippen molar-refractivity contribution < 1.29 is 43.0 Å². The Kier molecular flexibility index (Phi) is 9.11. The van der Waals surface area contributed by atoms with Crippen molar-refractivity contribution >= 4 is 57.9 Å². The summed E-state index contributed by atoms with van der Waals surface area (Å²) in [5.74, 6) is -2.07. The van der Waals surface area contributed by atoms with Gasteiger partial charge in [-0.1, -0.05) is 5.16 Å². The lowest BCUT2D eigenvalue weighted by molar-refractivity contribution is -0.179. The van der Waals surface area contributed by atoms with Crippen LogP contribution in [-0.2, 0) is 38.2 Å². The third-order valence-electron chi connectivity index (χ3n) is 4.86. The van der Waals surface area contributed by atoms with Crippen LogP contribution in [0.5, 0.6) is 0 Å². The van der Waals surface area contributed by atoms with E-state index in [0.29, 0.717) is 5.57 Å². The van der Waals surface area contributed by atoms with Crippen LogP contribution < -0.4 is 11.1 Å². The number of methoxy groups -OCH3 is 1. The van der Waals surface area contributed by atoms with Gasteiger partial charge in [-0.2, -0.15) is 0 Å². The predicted molar refractivity (Wildman–Crippen MR) is 128 cm³/mol. The summed E-state index contributed by atoms with van der Waals surface area (Å²) in [5.41, 5.74) is 6.13. The Hall–Kier alpha value is -3.37. The molecule has 14 nitrogen and oxygen atoms in total. The number of ether oxygens (including phenoxy) is 4. The second kappa shape index (κ2) is 12.0. The molecule has 1 saturated heterocycles. The molecule has 1 aromatic heterocycles. The van der Waals surface area contributed by atoms with Crippen LogP contribution in [0.4, 0.5) is 9.93 Å². The smallest absolute Gasteiger partial charge is 0.435 e. The minimum Gasteiger partial charge on any atom is -0.435 e. The molecule has 3 rings (SSSR count). The van der Waals surface area contributed by atoms with Gasteiger partial charge < -0.3 is 39.7 Å². The number of thioether (sulfide) groups is 1. The third-order valence-corrected chi connectivity index (χ3v) is 6.75. The van der Waals surface area contributed by atoms with Crippen LogP contribution in [0.15, 0.2) is 21.5 Å². The summed E-state index contributed by atoms with van der Waals surface area (Å²) in [6, 6.07) is -2.11. The van der Waals surface area contributed by atoms with Crippen molar-refractivity contribution in [2.75, 3.05) is 33.2 Å². The van der Waals surface area contributed by atoms with Crippen molar-refractivity contribution in [2.45, 2.75) is 37.6 Å². The number of amides is 2. The molecule has 196 valence electrons. The number of nitrogen functional groups attached to an aromatic ring is 1. The van der Waals surface area contributed by atoms with Gasteiger partial charge in [0.2, 0.25) is 12.2 Å². The van der Waals surface area contributed by atoms with Crippen molar-refractivity contribution in [3.63, 3.8) is 0 Å². The molecule has 36 heavy (non-hydrogen) atoms. The van der Waals surface area contributed by atoms with E-state index >= 15 is 0 Å². The molecule has 2 aliphatic heterocycles. The molecule has 0 bridgehead atoms. The second-order valence-electron chi connectivity index (χ2n) is 7.25. The standard InChI is InChI=1S/C20H25N5O9S2/c1-5-32-20(29)34-9(2)33-18(28)14-10(6-30-3)7-35-17-13(16(27)25(14)17)23-15(26)12(24-31-4)11-8-36-19(21)22-11/h7-9,13-14,17H,5-6H2,1-4H3,(H2,21,22)(H,23,26)/b24-12-/t9?,13-,14?,17-/m1/s1. The number of nitrogens with zero attached hydrogens (tertiary/aromatic N) is 3. The first kappa shape index (κ1) is 27.2. The largest absolute Gasteiger partial charge is 0.511 e. The van der Waals surface area contributed by atoms with Crippen molar-refractivity contribution in [1.82, 2.24) is 15.2 Å². The van der Waals surface area contributed by atoms with E-state index in [4.69, 9.17) is 24.8 Å². The molecule has 0 aliphatic carbocycles. The van der Waals surface area contributed by atoms with Gasteiger partial charge >= 0.3 is 12.1 Å². The van der Waals surface area contributed by atoms with Crippen LogP contribution >= 0.6 is 23.1 Å². The molecule has 1 aromatic rings. The molecule has 2 amide bonds. The van der Waals surface area contributed by atoms with E-state index in [1.807, 2.05) is 0 Å². The average molecular weight is 544 g/mol. The molecule has 1 fully saturated rings. The van der Waals surface area contributed by atoms with Crippen molar-refractivity contribution in [3.8, 4) is 0 Å². The summed E-state index contributed by atoms with van der Waals surface area (Å²) in [4.78, 5) is 60.5. The maximum atomic E-state index is 13.1. The monoisotopic (exact) mass is 543 g/mol. The van der Waals surface area contributed by atoms with Gasteiger partial charge in [0.1, 0.15) is 24.2 Å². The third kappa shape index (κ3) is 5.88. The number of hydrogen-bond donors (Lipinski definition) is 2. The second-order valence-corrected chi connectivity index (χ2v) is 9.13. The normalized spacial score (nSPS) is 21.9. The molecule has 0 radical (unpaired) electrons. The van der Waals surface area contributed by atoms with Crippen molar-refractivity contribution in [1.29, 1.82) is 0 Å². The summed E-state index contributed by atoms with van der Waals surface area (Å²) in [6.07, 6.45) is -2.26. The van der Waals surface area contributed by atoms with Gasteiger partial charge in [0.25, 0.3) is 5.91 Å². The number of rotatable bonds is 10. The van der Waals surface area contributed by atoms with Crippen molar-refractivity contribution in [3.05, 3.63) is 22.1 Å². The van der Waals surface area contributed by atoms with Crippen molar-refractivity contribution in [2.24, 2.45) is 5.16 Å². The highest BCUT2D eigenvalue weighted by Crippen LogP contribution is 2.40. The van der Waals surface area contributed by atoms with E-state index in [1.165, 1.54) is 43.2 Å². The molecular formula is C20H25N5O9S2. The Balaban J connectivity index is 1.74. The van der Waals surface area contributed by atoms with Gasteiger partial charge in [0.05, 0.1) is 13.2 Å². The van der Waals surface area contributed by atoms with E-state index in [-0.39, 0.29) is 29.8 Å². The number of fused-ring (bicyclic) bond motifs is 1. The lowest BCUT2D eigenvalue weighted by Crippen LogP contribution is -2.74. The van der Waals surface area contributed by atoms with Gasteiger partial charge in [-0.3, -0.25) is 9.59 Å². The molecule has 0 spiro atoms. The number of thiazole rings is 1. The molecule has 3 heterocycles. The molecule has 0 saturated carbocycles. The Morgan fingerprint density at radius 3 is 2.67 bits per heavy atom. The quantitative estimate of drug-likeness (QED) is 0.137. The fourth-order valence-corrected chi connectivity index (χ4v) is 5.18. The average Bonchev–Trinajstić information content (AvgIpc) is 3.26. The topological polar surface area (TPSA) is 181 Å². The highest BCUT2D eigenvalue weighted by atomic mass is 32.2. The van der Waals surface area contributed by atoms with E-state index in [0.717, 1.165) is 11.3 Å². The fraction of sp³-hybridized carbons (Fsp3) is 0.500. The Morgan fingerprint density at radius 1 is 1.31 bits per heavy atom. The molecule has 2 unspecified atom stereocenters. The minimum absolute atomic E-state index is 0.0449. The summed E-state index contributed by atoms with van der Waals surface area (Å²) < 4.78 is 19.9. The predicted octanol–water partition coefficient (Wildman–Crippen LogP) is 0.437. The first-order valence-corrected chi connectivity index (χ1v) is 12.4. The lowest BCUT2D eigenvalue weighted by Gasteiger charge is -2.51. The van der Waals surface area contributed by atoms with Crippen LogP contribution in [0.25, 0.3) is 0 Å². The maximum Gasteiger partial charge on any atom is 0.511 e. The molecule has 2 aliphatic rings. The molecule has 16 heteroatoms. The number of nitrogens with two attached hydrogens (primary N) is 1. The molecule has 0 aromatic carbocycles. The summed E-state index contributed by atoms with van der Waals surface area (Å²) in [7, 11) is 2.70. The SMILES string of the molecule is CCOC(=O)OC(C)OC(=O)C1C(COC)=CS[C@@H]2[C@H](NC(=O)/C(=N\OC)c3csc(N)n3)C(=O)N12. The number of anilines is 1. The fourth-order valence-electron chi connectivity index (χ4n) is 3.42. The molecular weight excluding hydrogens is 518 g/mol. The zero-order valence-electron chi connectivity index (χ0n) is 19.8. The van der Waals surface area contributed by atoms with E-state index < -0.39 is 47.7 Å². The van der Waals surface area contributed by atoms with Crippen LogP contribution in [-0.4, -0.2) is 90.7 Å².